The predicted octanol–water partition coefficient (Wildman–Crippen LogP) is 2.73. The number of nitrogens with one attached hydrogen (secondary N) is 1. The van der Waals surface area contributed by atoms with E-state index >= 15 is 0 Å². The molecule has 0 unspecified atom stereocenters. The van der Waals surface area contributed by atoms with Crippen molar-refractivity contribution in [1.29, 1.82) is 0 Å². The van der Waals surface area contributed by atoms with E-state index in [0.717, 1.165) is 46.9 Å². The first-order valence-electron chi connectivity index (χ1n) is 7.27. The molecule has 2 aromatic heterocycles. The Labute approximate surface area is 133 Å². The van der Waals surface area contributed by atoms with Crippen LogP contribution in [0.15, 0.2) is 36.5 Å². The number of anilines is 1. The average Bonchev–Trinajstić information content (AvgIpc) is 2.91. The van der Waals surface area contributed by atoms with Gasteiger partial charge in [-0.05, 0) is 30.7 Å². The summed E-state index contributed by atoms with van der Waals surface area (Å²) >= 11 is 1.43. The van der Waals surface area contributed by atoms with Crippen molar-refractivity contribution in [2.45, 2.75) is 12.2 Å². The molecule has 0 bridgehead atoms. The van der Waals surface area contributed by atoms with Crippen LogP contribution in [0.2, 0.25) is 0 Å². The molecule has 0 amide bonds. The molecule has 1 aromatic carbocycles. The molecule has 1 aliphatic rings. The summed E-state index contributed by atoms with van der Waals surface area (Å²) in [5.41, 5.74) is 4.26. The Morgan fingerprint density at radius 1 is 1.32 bits per heavy atom. The fraction of sp³-hybridized carbons (Fsp3) is 0.250. The largest absolute Gasteiger partial charge is 0.354 e. The lowest BCUT2D eigenvalue weighted by molar-refractivity contribution is 0.626. The van der Waals surface area contributed by atoms with Gasteiger partial charge in [0.15, 0.2) is 0 Å². The van der Waals surface area contributed by atoms with E-state index in [1.165, 1.54) is 11.9 Å². The van der Waals surface area contributed by atoms with Gasteiger partial charge in [-0.3, -0.25) is 5.14 Å². The van der Waals surface area contributed by atoms with Crippen molar-refractivity contribution in [2.75, 3.05) is 18.0 Å². The minimum atomic E-state index is 0.512. The van der Waals surface area contributed by atoms with Crippen molar-refractivity contribution in [3.8, 4) is 11.4 Å². The number of benzene rings is 1. The van der Waals surface area contributed by atoms with E-state index in [0.29, 0.717) is 5.25 Å². The normalized spacial score (nSPS) is 15.3. The number of nitrogens with zero attached hydrogens (tertiary/aromatic N) is 3. The van der Waals surface area contributed by atoms with Crippen molar-refractivity contribution in [2.24, 2.45) is 5.14 Å². The highest BCUT2D eigenvalue weighted by Crippen LogP contribution is 2.29. The van der Waals surface area contributed by atoms with Crippen LogP contribution in [0.1, 0.15) is 5.56 Å². The lowest BCUT2D eigenvalue weighted by Gasteiger charge is -2.38. The number of nitrogens with two attached hydrogens (primary N) is 1. The Morgan fingerprint density at radius 2 is 2.14 bits per heavy atom. The Morgan fingerprint density at radius 3 is 2.91 bits per heavy atom. The second-order valence-electron chi connectivity index (χ2n) is 5.62. The van der Waals surface area contributed by atoms with Crippen LogP contribution in [-0.4, -0.2) is 33.3 Å². The molecule has 22 heavy (non-hydrogen) atoms. The van der Waals surface area contributed by atoms with Crippen LogP contribution < -0.4 is 10.0 Å². The summed E-state index contributed by atoms with van der Waals surface area (Å²) in [5, 5.41) is 6.13. The van der Waals surface area contributed by atoms with Crippen LogP contribution in [-0.2, 0) is 0 Å². The zero-order valence-corrected chi connectivity index (χ0v) is 13.1. The third kappa shape index (κ3) is 2.24. The van der Waals surface area contributed by atoms with Crippen molar-refractivity contribution in [1.82, 2.24) is 15.0 Å². The van der Waals surface area contributed by atoms with Gasteiger partial charge in [-0.15, -0.1) is 0 Å². The second kappa shape index (κ2) is 5.30. The first-order valence-corrected chi connectivity index (χ1v) is 8.21. The number of H-pyrrole nitrogens is 1. The third-order valence-electron chi connectivity index (χ3n) is 4.10. The van der Waals surface area contributed by atoms with Crippen molar-refractivity contribution in [3.63, 3.8) is 0 Å². The topological polar surface area (TPSA) is 70.8 Å². The molecule has 0 aliphatic carbocycles. The van der Waals surface area contributed by atoms with Crippen LogP contribution in [0.25, 0.3) is 22.4 Å². The summed E-state index contributed by atoms with van der Waals surface area (Å²) in [6.07, 6.45) is 1.92. The Hall–Kier alpha value is -2.05. The number of imidazole rings is 1. The maximum Gasteiger partial charge on any atom is 0.138 e. The number of para-hydroxylation sites is 2. The number of hydrogen-bond donors (Lipinski definition) is 2. The van der Waals surface area contributed by atoms with E-state index in [9.17, 15) is 0 Å². The van der Waals surface area contributed by atoms with Gasteiger partial charge in [0.25, 0.3) is 0 Å². The molecule has 0 radical (unpaired) electrons. The van der Waals surface area contributed by atoms with Gasteiger partial charge in [-0.1, -0.05) is 24.1 Å². The minimum absolute atomic E-state index is 0.512. The maximum absolute atomic E-state index is 5.62. The van der Waals surface area contributed by atoms with Gasteiger partial charge < -0.3 is 9.88 Å². The molecule has 3 N–H and O–H groups in total. The zero-order chi connectivity index (χ0) is 15.1. The summed E-state index contributed by atoms with van der Waals surface area (Å²) in [6.45, 7) is 3.97. The molecule has 3 heterocycles. The number of aromatic amines is 1. The van der Waals surface area contributed by atoms with Crippen LogP contribution in [0.5, 0.6) is 0 Å². The SMILES string of the molecule is Cc1cnc(N2CC(SN)C2)cc1-c1nc2ccccc2[nH]1. The van der Waals surface area contributed by atoms with Crippen LogP contribution in [0.3, 0.4) is 0 Å². The highest BCUT2D eigenvalue weighted by molar-refractivity contribution is 7.97. The Bertz CT molecular complexity index is 789. The van der Waals surface area contributed by atoms with E-state index in [2.05, 4.69) is 27.9 Å². The Kier molecular flexibility index (Phi) is 3.28. The molecule has 0 spiro atoms. The van der Waals surface area contributed by atoms with E-state index in [1.54, 1.807) is 0 Å². The molecule has 6 heteroatoms. The monoisotopic (exact) mass is 311 g/mol. The zero-order valence-electron chi connectivity index (χ0n) is 12.3. The number of aromatic nitrogens is 3. The van der Waals surface area contributed by atoms with Crippen molar-refractivity contribution < 1.29 is 0 Å². The summed E-state index contributed by atoms with van der Waals surface area (Å²) in [6, 6.07) is 10.2. The van der Waals surface area contributed by atoms with E-state index in [1.807, 2.05) is 30.5 Å². The van der Waals surface area contributed by atoms with Gasteiger partial charge in [0.05, 0.1) is 16.3 Å². The van der Waals surface area contributed by atoms with Gasteiger partial charge in [0, 0.05) is 24.8 Å². The smallest absolute Gasteiger partial charge is 0.138 e. The van der Waals surface area contributed by atoms with Gasteiger partial charge in [-0.25, -0.2) is 9.97 Å². The highest BCUT2D eigenvalue weighted by atomic mass is 32.2. The lowest BCUT2D eigenvalue weighted by atomic mass is 10.1. The molecule has 1 fully saturated rings. The molecule has 1 aliphatic heterocycles. The number of hydrogen-bond acceptors (Lipinski definition) is 5. The van der Waals surface area contributed by atoms with E-state index in [4.69, 9.17) is 10.1 Å². The molecule has 5 nitrogen and oxygen atoms in total. The average molecular weight is 311 g/mol. The Balaban J connectivity index is 1.71. The predicted molar refractivity (Wildman–Crippen MR) is 91.8 cm³/mol. The molecule has 4 rings (SSSR count). The molecule has 112 valence electrons. The van der Waals surface area contributed by atoms with Gasteiger partial charge >= 0.3 is 0 Å². The van der Waals surface area contributed by atoms with E-state index in [-0.39, 0.29) is 0 Å². The van der Waals surface area contributed by atoms with Gasteiger partial charge in [0.1, 0.15) is 11.6 Å². The van der Waals surface area contributed by atoms with Gasteiger partial charge in [0.2, 0.25) is 0 Å². The van der Waals surface area contributed by atoms with Crippen LogP contribution in [0.4, 0.5) is 5.82 Å². The standard InChI is InChI=1S/C16H17N5S/c1-10-7-18-15(21-8-11(9-21)22-17)6-12(10)16-19-13-4-2-3-5-14(13)20-16/h2-7,11H,8-9,17H2,1H3,(H,19,20). The fourth-order valence-corrected chi connectivity index (χ4v) is 3.26. The first kappa shape index (κ1) is 13.6. The summed E-state index contributed by atoms with van der Waals surface area (Å²) < 4.78 is 0. The third-order valence-corrected chi connectivity index (χ3v) is 4.78. The molecule has 3 aromatic rings. The van der Waals surface area contributed by atoms with Gasteiger partial charge in [-0.2, -0.15) is 0 Å². The summed E-state index contributed by atoms with van der Waals surface area (Å²) in [4.78, 5) is 14.9. The van der Waals surface area contributed by atoms with Crippen molar-refractivity contribution >= 4 is 28.8 Å². The molecule has 1 saturated heterocycles. The van der Waals surface area contributed by atoms with Crippen LogP contribution >= 0.6 is 11.9 Å². The number of rotatable bonds is 3. The summed E-state index contributed by atoms with van der Waals surface area (Å²) in [7, 11) is 0. The number of pyridine rings is 1. The summed E-state index contributed by atoms with van der Waals surface area (Å²) in [5.74, 6) is 1.89. The van der Waals surface area contributed by atoms with Crippen LogP contribution in [0, 0.1) is 6.92 Å². The molecule has 0 atom stereocenters. The molecular weight excluding hydrogens is 294 g/mol. The highest BCUT2D eigenvalue weighted by Gasteiger charge is 2.27. The maximum atomic E-state index is 5.62. The second-order valence-corrected chi connectivity index (χ2v) is 6.56. The molecular formula is C16H17N5S. The molecule has 0 saturated carbocycles. The fourth-order valence-electron chi connectivity index (χ4n) is 2.73. The van der Waals surface area contributed by atoms with Crippen molar-refractivity contribution in [3.05, 3.63) is 42.1 Å². The lowest BCUT2D eigenvalue weighted by Crippen LogP contribution is -2.50. The minimum Gasteiger partial charge on any atom is -0.354 e. The quantitative estimate of drug-likeness (QED) is 0.728. The van der Waals surface area contributed by atoms with E-state index < -0.39 is 0 Å². The number of fused-ring (bicyclic) bond motifs is 1. The first-order chi connectivity index (χ1) is 10.7. The number of aryl methyl sites for hydroxylation is 1.